The van der Waals surface area contributed by atoms with E-state index in [9.17, 15) is 4.79 Å². The molecule has 0 spiro atoms. The molecule has 2 aromatic rings. The Hall–Kier alpha value is -1.65. The van der Waals surface area contributed by atoms with Gasteiger partial charge in [-0.15, -0.1) is 0 Å². The van der Waals surface area contributed by atoms with E-state index in [0.29, 0.717) is 18.9 Å². The number of aromatic nitrogens is 4. The summed E-state index contributed by atoms with van der Waals surface area (Å²) in [7, 11) is 0. The van der Waals surface area contributed by atoms with Gasteiger partial charge in [0.1, 0.15) is 11.9 Å². The topological polar surface area (TPSA) is 85.2 Å². The van der Waals surface area contributed by atoms with Crippen LogP contribution in [0.4, 0.5) is 10.6 Å². The molecule has 1 aliphatic heterocycles. The molecule has 1 aliphatic rings. The standard InChI is InChI=1S/C16H23IN6O2/c1-5-23-13-11(21-14(23)17)12(18-9-19-13)20-10-6-7-22(8-10)15(24)25-16(2,3)4/h9-10H,5-8H2,1-4H3,(H,18,19,20). The number of halogens is 1. The number of likely N-dealkylation sites (tertiary alicyclic amines) is 1. The third-order valence-corrected chi connectivity index (χ3v) is 4.81. The van der Waals surface area contributed by atoms with Gasteiger partial charge in [0.15, 0.2) is 20.8 Å². The second kappa shape index (κ2) is 6.93. The van der Waals surface area contributed by atoms with E-state index in [1.807, 2.05) is 25.3 Å². The minimum Gasteiger partial charge on any atom is -0.444 e. The van der Waals surface area contributed by atoms with Crippen LogP contribution in [0.25, 0.3) is 11.2 Å². The molecule has 1 saturated heterocycles. The van der Waals surface area contributed by atoms with E-state index >= 15 is 0 Å². The molecule has 0 saturated carbocycles. The van der Waals surface area contributed by atoms with Gasteiger partial charge in [-0.05, 0) is 34.1 Å². The number of rotatable bonds is 3. The lowest BCUT2D eigenvalue weighted by atomic mass is 10.2. The molecule has 1 N–H and O–H groups in total. The Labute approximate surface area is 160 Å². The Balaban J connectivity index is 1.72. The fraction of sp³-hybridized carbons (Fsp3) is 0.625. The fourth-order valence-electron chi connectivity index (χ4n) is 2.86. The number of anilines is 1. The van der Waals surface area contributed by atoms with Gasteiger partial charge in [-0.3, -0.25) is 0 Å². The highest BCUT2D eigenvalue weighted by atomic mass is 127. The summed E-state index contributed by atoms with van der Waals surface area (Å²) < 4.78 is 8.38. The number of carbonyl (C=O) groups excluding carboxylic acids is 1. The van der Waals surface area contributed by atoms with E-state index < -0.39 is 5.60 Å². The van der Waals surface area contributed by atoms with Crippen LogP contribution in [0.2, 0.25) is 0 Å². The van der Waals surface area contributed by atoms with Crippen molar-refractivity contribution < 1.29 is 9.53 Å². The van der Waals surface area contributed by atoms with Crippen LogP contribution in [0, 0.1) is 3.83 Å². The molecular weight excluding hydrogens is 435 g/mol. The maximum absolute atomic E-state index is 12.2. The number of ether oxygens (including phenoxy) is 1. The Morgan fingerprint density at radius 2 is 2.20 bits per heavy atom. The van der Waals surface area contributed by atoms with Crippen molar-refractivity contribution in [1.29, 1.82) is 0 Å². The van der Waals surface area contributed by atoms with Gasteiger partial charge >= 0.3 is 6.09 Å². The first-order chi connectivity index (χ1) is 11.8. The van der Waals surface area contributed by atoms with Crippen LogP contribution in [0.3, 0.4) is 0 Å². The lowest BCUT2D eigenvalue weighted by Gasteiger charge is -2.24. The molecule has 3 heterocycles. The Kier molecular flexibility index (Phi) is 5.03. The lowest BCUT2D eigenvalue weighted by molar-refractivity contribution is 0.0293. The summed E-state index contributed by atoms with van der Waals surface area (Å²) in [5.74, 6) is 0.714. The molecule has 9 heteroatoms. The van der Waals surface area contributed by atoms with Crippen LogP contribution in [-0.4, -0.2) is 55.2 Å². The number of nitrogens with one attached hydrogen (secondary N) is 1. The van der Waals surface area contributed by atoms with Crippen LogP contribution in [-0.2, 0) is 11.3 Å². The van der Waals surface area contributed by atoms with Crippen molar-refractivity contribution in [2.75, 3.05) is 18.4 Å². The van der Waals surface area contributed by atoms with Gasteiger partial charge in [-0.1, -0.05) is 0 Å². The van der Waals surface area contributed by atoms with Crippen molar-refractivity contribution in [3.63, 3.8) is 0 Å². The number of hydrogen-bond acceptors (Lipinski definition) is 6. The summed E-state index contributed by atoms with van der Waals surface area (Å²) in [5.41, 5.74) is 1.11. The molecule has 0 radical (unpaired) electrons. The first-order valence-corrected chi connectivity index (χ1v) is 9.47. The molecule has 2 aromatic heterocycles. The van der Waals surface area contributed by atoms with Gasteiger partial charge in [-0.25, -0.2) is 19.7 Å². The van der Waals surface area contributed by atoms with Crippen molar-refractivity contribution in [2.24, 2.45) is 0 Å². The van der Waals surface area contributed by atoms with Gasteiger partial charge < -0.3 is 19.5 Å². The van der Waals surface area contributed by atoms with Gasteiger partial charge in [0.05, 0.1) is 0 Å². The largest absolute Gasteiger partial charge is 0.444 e. The zero-order valence-electron chi connectivity index (χ0n) is 14.9. The van der Waals surface area contributed by atoms with Gasteiger partial charge in [0.25, 0.3) is 0 Å². The molecule has 0 aromatic carbocycles. The van der Waals surface area contributed by atoms with Crippen molar-refractivity contribution in [3.05, 3.63) is 10.2 Å². The number of amides is 1. The monoisotopic (exact) mass is 458 g/mol. The van der Waals surface area contributed by atoms with Crippen molar-refractivity contribution in [1.82, 2.24) is 24.4 Å². The highest BCUT2D eigenvalue weighted by Gasteiger charge is 2.30. The quantitative estimate of drug-likeness (QED) is 0.563. The zero-order valence-corrected chi connectivity index (χ0v) is 17.1. The summed E-state index contributed by atoms with van der Waals surface area (Å²) in [5, 5.41) is 3.42. The third-order valence-electron chi connectivity index (χ3n) is 3.98. The van der Waals surface area contributed by atoms with E-state index in [4.69, 9.17) is 4.74 Å². The van der Waals surface area contributed by atoms with Crippen molar-refractivity contribution in [2.45, 2.75) is 52.3 Å². The molecular formula is C16H23IN6O2. The summed E-state index contributed by atoms with van der Waals surface area (Å²) in [6.07, 6.45) is 2.13. The van der Waals surface area contributed by atoms with Gasteiger partial charge in [0.2, 0.25) is 0 Å². The van der Waals surface area contributed by atoms with E-state index in [-0.39, 0.29) is 12.1 Å². The number of aryl methyl sites for hydroxylation is 1. The smallest absolute Gasteiger partial charge is 0.410 e. The predicted octanol–water partition coefficient (Wildman–Crippen LogP) is 2.87. The molecule has 1 amide bonds. The van der Waals surface area contributed by atoms with Crippen molar-refractivity contribution >= 4 is 45.7 Å². The van der Waals surface area contributed by atoms with E-state index in [1.54, 1.807) is 11.2 Å². The van der Waals surface area contributed by atoms with Crippen LogP contribution in [0.5, 0.6) is 0 Å². The maximum atomic E-state index is 12.2. The Morgan fingerprint density at radius 3 is 2.88 bits per heavy atom. The zero-order chi connectivity index (χ0) is 18.2. The first-order valence-electron chi connectivity index (χ1n) is 8.39. The van der Waals surface area contributed by atoms with E-state index in [1.165, 1.54) is 0 Å². The SMILES string of the molecule is CCn1c(I)nc2c(NC3CCN(C(=O)OC(C)(C)C)C3)ncnc21. The molecule has 1 fully saturated rings. The average molecular weight is 458 g/mol. The van der Waals surface area contributed by atoms with E-state index in [0.717, 1.165) is 28.0 Å². The molecule has 1 unspecified atom stereocenters. The summed E-state index contributed by atoms with van der Waals surface area (Å²) in [4.78, 5) is 27.2. The Bertz CT molecular complexity index is 785. The highest BCUT2D eigenvalue weighted by Crippen LogP contribution is 2.24. The molecule has 136 valence electrons. The van der Waals surface area contributed by atoms with Gasteiger partial charge in [0, 0.05) is 48.3 Å². The number of nitrogens with zero attached hydrogens (tertiary/aromatic N) is 5. The second-order valence-corrected chi connectivity index (χ2v) is 8.04. The molecule has 25 heavy (non-hydrogen) atoms. The van der Waals surface area contributed by atoms with Gasteiger partial charge in [-0.2, -0.15) is 0 Å². The minimum atomic E-state index is -0.481. The highest BCUT2D eigenvalue weighted by molar-refractivity contribution is 14.1. The summed E-state index contributed by atoms with van der Waals surface area (Å²) in [6.45, 7) is 9.75. The third kappa shape index (κ3) is 3.96. The number of carbonyl (C=O) groups is 1. The molecule has 0 bridgehead atoms. The predicted molar refractivity (Wildman–Crippen MR) is 104 cm³/mol. The number of imidazole rings is 1. The van der Waals surface area contributed by atoms with Crippen LogP contribution in [0.15, 0.2) is 6.33 Å². The molecule has 1 atom stereocenters. The molecule has 3 rings (SSSR count). The Morgan fingerprint density at radius 1 is 1.44 bits per heavy atom. The summed E-state index contributed by atoms with van der Waals surface area (Å²) in [6, 6.07) is 0.120. The normalized spacial score (nSPS) is 18.0. The van der Waals surface area contributed by atoms with Crippen LogP contribution < -0.4 is 5.32 Å². The fourth-order valence-corrected chi connectivity index (χ4v) is 3.67. The first kappa shape index (κ1) is 18.2. The van der Waals surface area contributed by atoms with E-state index in [2.05, 4.69) is 49.8 Å². The number of hydrogen-bond donors (Lipinski definition) is 1. The molecule has 8 nitrogen and oxygen atoms in total. The number of fused-ring (bicyclic) bond motifs is 1. The van der Waals surface area contributed by atoms with Crippen LogP contribution in [0.1, 0.15) is 34.1 Å². The lowest BCUT2D eigenvalue weighted by Crippen LogP contribution is -2.36. The molecule has 0 aliphatic carbocycles. The second-order valence-electron chi connectivity index (χ2n) is 7.08. The maximum Gasteiger partial charge on any atom is 0.410 e. The summed E-state index contributed by atoms with van der Waals surface area (Å²) >= 11 is 2.21. The average Bonchev–Trinajstić information content (AvgIpc) is 3.10. The van der Waals surface area contributed by atoms with Crippen LogP contribution >= 0.6 is 22.6 Å². The van der Waals surface area contributed by atoms with Crippen molar-refractivity contribution in [3.8, 4) is 0 Å². The minimum absolute atomic E-state index is 0.120.